The zero-order chi connectivity index (χ0) is 9.54. The highest BCUT2D eigenvalue weighted by atomic mass is 15.2. The van der Waals surface area contributed by atoms with Gasteiger partial charge in [0.05, 0.1) is 24.6 Å². The summed E-state index contributed by atoms with van der Waals surface area (Å²) >= 11 is 0. The lowest BCUT2D eigenvalue weighted by molar-refractivity contribution is 0.584. The number of aromatic nitrogens is 1. The number of nitrogens with zero attached hydrogens (tertiary/aromatic N) is 2. The topological polar surface area (TPSA) is 75.3 Å². The number of nitrogens with one attached hydrogen (secondary N) is 2. The van der Waals surface area contributed by atoms with Crippen LogP contribution in [0.2, 0.25) is 0 Å². The molecule has 5 heteroatoms. The Kier molecular flexibility index (Phi) is 1.56. The van der Waals surface area contributed by atoms with Gasteiger partial charge in [-0.2, -0.15) is 0 Å². The third kappa shape index (κ3) is 0.964. The Labute approximate surface area is 81.4 Å². The van der Waals surface area contributed by atoms with E-state index in [9.17, 15) is 0 Å². The molecule has 2 aliphatic rings. The molecule has 5 nitrogen and oxygen atoms in total. The molecule has 14 heavy (non-hydrogen) atoms. The summed E-state index contributed by atoms with van der Waals surface area (Å²) in [6.45, 7) is 0.643. The van der Waals surface area contributed by atoms with E-state index in [-0.39, 0.29) is 12.2 Å². The summed E-state index contributed by atoms with van der Waals surface area (Å²) in [5, 5.41) is 6.38. The third-order valence-electron chi connectivity index (χ3n) is 2.60. The molecule has 3 heterocycles. The second-order valence-electron chi connectivity index (χ2n) is 3.45. The van der Waals surface area contributed by atoms with Crippen molar-refractivity contribution in [1.82, 2.24) is 10.3 Å². The average molecular weight is 189 g/mol. The van der Waals surface area contributed by atoms with Crippen LogP contribution in [0.25, 0.3) is 0 Å². The van der Waals surface area contributed by atoms with E-state index < -0.39 is 0 Å². The summed E-state index contributed by atoms with van der Waals surface area (Å²) in [6, 6.07) is 4.04. The van der Waals surface area contributed by atoms with E-state index in [0.29, 0.717) is 6.67 Å². The largest absolute Gasteiger partial charge is 0.353 e. The van der Waals surface area contributed by atoms with Gasteiger partial charge in [-0.25, -0.2) is 4.98 Å². The van der Waals surface area contributed by atoms with E-state index in [0.717, 1.165) is 17.1 Å². The van der Waals surface area contributed by atoms with Crippen LogP contribution in [0.5, 0.6) is 0 Å². The second kappa shape index (κ2) is 2.76. The van der Waals surface area contributed by atoms with Crippen molar-refractivity contribution in [2.75, 3.05) is 12.0 Å². The van der Waals surface area contributed by atoms with Crippen molar-refractivity contribution in [2.24, 2.45) is 10.7 Å². The van der Waals surface area contributed by atoms with Gasteiger partial charge in [0, 0.05) is 11.8 Å². The number of hydrogen-bond donors (Lipinski definition) is 3. The molecule has 0 saturated heterocycles. The Bertz CT molecular complexity index is 400. The number of rotatable bonds is 0. The first kappa shape index (κ1) is 7.90. The SMILES string of the molecule is NC1Nc2ncccc2C2=NCNC21. The molecular weight excluding hydrogens is 178 g/mol. The molecule has 0 aromatic carbocycles. The number of anilines is 1. The minimum Gasteiger partial charge on any atom is -0.353 e. The van der Waals surface area contributed by atoms with Crippen LogP contribution >= 0.6 is 0 Å². The zero-order valence-electron chi connectivity index (χ0n) is 7.57. The van der Waals surface area contributed by atoms with Gasteiger partial charge in [0.2, 0.25) is 0 Å². The first-order valence-corrected chi connectivity index (χ1v) is 4.61. The molecule has 0 aliphatic carbocycles. The fourth-order valence-electron chi connectivity index (χ4n) is 1.94. The molecule has 0 spiro atoms. The number of nitrogens with two attached hydrogens (primary N) is 1. The highest BCUT2D eigenvalue weighted by molar-refractivity contribution is 6.10. The van der Waals surface area contributed by atoms with Crippen LogP contribution in [0.4, 0.5) is 5.82 Å². The monoisotopic (exact) mass is 189 g/mol. The molecule has 0 fully saturated rings. The molecule has 0 saturated carbocycles. The van der Waals surface area contributed by atoms with Gasteiger partial charge in [-0.3, -0.25) is 10.3 Å². The molecule has 0 bridgehead atoms. The number of aliphatic imine (C=N–C) groups is 1. The van der Waals surface area contributed by atoms with Crippen molar-refractivity contribution in [2.45, 2.75) is 12.2 Å². The lowest BCUT2D eigenvalue weighted by Crippen LogP contribution is -2.54. The Morgan fingerprint density at radius 1 is 1.50 bits per heavy atom. The Morgan fingerprint density at radius 3 is 3.36 bits per heavy atom. The number of fused-ring (bicyclic) bond motifs is 3. The number of pyridine rings is 1. The van der Waals surface area contributed by atoms with E-state index in [2.05, 4.69) is 20.6 Å². The summed E-state index contributed by atoms with van der Waals surface area (Å²) in [6.07, 6.45) is 1.61. The predicted molar refractivity (Wildman–Crippen MR) is 54.2 cm³/mol. The molecule has 0 amide bonds. The van der Waals surface area contributed by atoms with Crippen LogP contribution in [0, 0.1) is 0 Å². The summed E-state index contributed by atoms with van der Waals surface area (Å²) in [5.74, 6) is 0.832. The molecule has 2 aliphatic heterocycles. The molecule has 1 aromatic rings. The van der Waals surface area contributed by atoms with Crippen molar-refractivity contribution in [3.05, 3.63) is 23.9 Å². The van der Waals surface area contributed by atoms with Crippen molar-refractivity contribution in [3.8, 4) is 0 Å². The lowest BCUT2D eigenvalue weighted by Gasteiger charge is -2.29. The first-order chi connectivity index (χ1) is 6.86. The van der Waals surface area contributed by atoms with Crippen LogP contribution in [-0.2, 0) is 0 Å². The molecule has 2 unspecified atom stereocenters. The van der Waals surface area contributed by atoms with Crippen LogP contribution < -0.4 is 16.4 Å². The van der Waals surface area contributed by atoms with Crippen LogP contribution in [0.3, 0.4) is 0 Å². The summed E-state index contributed by atoms with van der Waals surface area (Å²) < 4.78 is 0. The van der Waals surface area contributed by atoms with Gasteiger partial charge in [0.25, 0.3) is 0 Å². The fourth-order valence-corrected chi connectivity index (χ4v) is 1.94. The van der Waals surface area contributed by atoms with Gasteiger partial charge in [0.1, 0.15) is 5.82 Å². The Hall–Kier alpha value is -1.46. The Balaban J connectivity index is 2.15. The fraction of sp³-hybridized carbons (Fsp3) is 0.333. The van der Waals surface area contributed by atoms with Gasteiger partial charge in [-0.15, -0.1) is 0 Å². The minimum absolute atomic E-state index is 0.117. The van der Waals surface area contributed by atoms with Crippen molar-refractivity contribution < 1.29 is 0 Å². The van der Waals surface area contributed by atoms with E-state index in [4.69, 9.17) is 5.73 Å². The molecule has 2 atom stereocenters. The maximum atomic E-state index is 5.94. The molecule has 1 aromatic heterocycles. The van der Waals surface area contributed by atoms with Gasteiger partial charge in [-0.05, 0) is 12.1 Å². The molecule has 72 valence electrons. The highest BCUT2D eigenvalue weighted by Crippen LogP contribution is 2.23. The van der Waals surface area contributed by atoms with E-state index in [1.807, 2.05) is 12.1 Å². The Morgan fingerprint density at radius 2 is 2.43 bits per heavy atom. The minimum atomic E-state index is -0.140. The average Bonchev–Trinajstić information content (AvgIpc) is 2.67. The van der Waals surface area contributed by atoms with Crippen LogP contribution in [0.1, 0.15) is 5.56 Å². The smallest absolute Gasteiger partial charge is 0.136 e. The van der Waals surface area contributed by atoms with E-state index in [1.165, 1.54) is 0 Å². The van der Waals surface area contributed by atoms with Crippen LogP contribution in [0.15, 0.2) is 23.3 Å². The molecular formula is C9H11N5. The summed E-state index contributed by atoms with van der Waals surface area (Å²) in [7, 11) is 0. The lowest BCUT2D eigenvalue weighted by atomic mass is 9.98. The van der Waals surface area contributed by atoms with Gasteiger partial charge in [0.15, 0.2) is 0 Å². The second-order valence-corrected chi connectivity index (χ2v) is 3.45. The standard InChI is InChI=1S/C9H11N5/c10-8-7-6(12-4-13-7)5-2-1-3-11-9(5)14-8/h1-3,7-8,13H,4,10H2,(H,11,14). The maximum Gasteiger partial charge on any atom is 0.136 e. The predicted octanol–water partition coefficient (Wildman–Crippen LogP) is -0.490. The van der Waals surface area contributed by atoms with Crippen molar-refractivity contribution >= 4 is 11.5 Å². The maximum absolute atomic E-state index is 5.94. The first-order valence-electron chi connectivity index (χ1n) is 4.61. The molecule has 3 rings (SSSR count). The third-order valence-corrected chi connectivity index (χ3v) is 2.60. The quantitative estimate of drug-likeness (QED) is 0.515. The van der Waals surface area contributed by atoms with E-state index in [1.54, 1.807) is 6.20 Å². The van der Waals surface area contributed by atoms with Gasteiger partial charge in [-0.1, -0.05) is 0 Å². The molecule has 0 radical (unpaired) electrons. The van der Waals surface area contributed by atoms with Crippen molar-refractivity contribution in [1.29, 1.82) is 0 Å². The summed E-state index contributed by atoms with van der Waals surface area (Å²) in [5.41, 5.74) is 8.03. The van der Waals surface area contributed by atoms with E-state index >= 15 is 0 Å². The van der Waals surface area contributed by atoms with Gasteiger partial charge >= 0.3 is 0 Å². The van der Waals surface area contributed by atoms with Gasteiger partial charge < -0.3 is 11.1 Å². The summed E-state index contributed by atoms with van der Waals surface area (Å²) in [4.78, 5) is 8.63. The normalized spacial score (nSPS) is 28.8. The molecule has 4 N–H and O–H groups in total. The van der Waals surface area contributed by atoms with Crippen LogP contribution in [-0.4, -0.2) is 29.6 Å². The highest BCUT2D eigenvalue weighted by Gasteiger charge is 2.33. The zero-order valence-corrected chi connectivity index (χ0v) is 7.57. The van der Waals surface area contributed by atoms with Crippen molar-refractivity contribution in [3.63, 3.8) is 0 Å². The number of hydrogen-bond acceptors (Lipinski definition) is 5.